The average molecular weight is 377 g/mol. The lowest BCUT2D eigenvalue weighted by Gasteiger charge is -2.17. The van der Waals surface area contributed by atoms with Gasteiger partial charge in [0.25, 0.3) is 0 Å². The molecule has 0 bridgehead atoms. The molecule has 7 nitrogen and oxygen atoms in total. The summed E-state index contributed by atoms with van der Waals surface area (Å²) in [5, 5.41) is 4.16. The molecule has 0 saturated carbocycles. The Bertz CT molecular complexity index is 910. The van der Waals surface area contributed by atoms with E-state index in [1.807, 2.05) is 38.1 Å². The molecule has 4 N–H and O–H groups in total. The molecule has 140 valence electrons. The monoisotopic (exact) mass is 377 g/mol. The van der Waals surface area contributed by atoms with Crippen molar-refractivity contribution >= 4 is 32.6 Å². The van der Waals surface area contributed by atoms with E-state index in [1.165, 1.54) is 6.07 Å². The normalized spacial score (nSPS) is 12.9. The van der Waals surface area contributed by atoms with Crippen molar-refractivity contribution in [1.29, 1.82) is 0 Å². The lowest BCUT2D eigenvalue weighted by Crippen LogP contribution is -2.48. The van der Waals surface area contributed by atoms with Crippen molar-refractivity contribution in [2.45, 2.75) is 31.2 Å². The maximum atomic E-state index is 12.4. The van der Waals surface area contributed by atoms with Crippen molar-refractivity contribution in [3.05, 3.63) is 42.5 Å². The number of fused-ring (bicyclic) bond motifs is 1. The van der Waals surface area contributed by atoms with E-state index in [2.05, 4.69) is 10.0 Å². The Labute approximate surface area is 153 Å². The molecule has 8 heteroatoms. The van der Waals surface area contributed by atoms with Crippen LogP contribution in [-0.4, -0.2) is 32.8 Å². The van der Waals surface area contributed by atoms with Gasteiger partial charge in [-0.3, -0.25) is 9.59 Å². The zero-order valence-corrected chi connectivity index (χ0v) is 15.5. The summed E-state index contributed by atoms with van der Waals surface area (Å²) < 4.78 is 27.0. The fourth-order valence-corrected chi connectivity index (χ4v) is 3.56. The Balaban J connectivity index is 2.04. The van der Waals surface area contributed by atoms with Gasteiger partial charge < -0.3 is 11.1 Å². The van der Waals surface area contributed by atoms with Gasteiger partial charge in [0, 0.05) is 0 Å². The molecule has 0 radical (unpaired) electrons. The van der Waals surface area contributed by atoms with Gasteiger partial charge in [0.2, 0.25) is 21.8 Å². The van der Waals surface area contributed by atoms with Gasteiger partial charge in [-0.2, -0.15) is 0 Å². The van der Waals surface area contributed by atoms with Crippen LogP contribution in [0.5, 0.6) is 0 Å². The first-order valence-corrected chi connectivity index (χ1v) is 9.74. The lowest BCUT2D eigenvalue weighted by atomic mass is 10.0. The zero-order valence-electron chi connectivity index (χ0n) is 14.7. The molecule has 2 amide bonds. The molecule has 0 aliphatic heterocycles. The van der Waals surface area contributed by atoms with Gasteiger partial charge in [0.1, 0.15) is 6.04 Å². The Kier molecular flexibility index (Phi) is 6.33. The number of rotatable bonds is 8. The van der Waals surface area contributed by atoms with Crippen LogP contribution < -0.4 is 15.8 Å². The summed E-state index contributed by atoms with van der Waals surface area (Å²) in [6.45, 7) is 3.31. The number of amides is 2. The Morgan fingerprint density at radius 2 is 1.73 bits per heavy atom. The maximum Gasteiger partial charge on any atom is 0.241 e. The van der Waals surface area contributed by atoms with Gasteiger partial charge in [-0.25, -0.2) is 13.1 Å². The standard InChI is InChI=1S/C18H23N3O4S/c1-12(2)9-16(18(19)23)21-17(22)11-20-26(24,25)15-8-7-13-5-3-4-6-14(13)10-15/h3-8,10,12,16,20H,9,11H2,1-2H3,(H2,19,23)(H,21,22). The van der Waals surface area contributed by atoms with Crippen LogP contribution in [0.3, 0.4) is 0 Å². The van der Waals surface area contributed by atoms with Crippen LogP contribution in [0.2, 0.25) is 0 Å². The van der Waals surface area contributed by atoms with Gasteiger partial charge in [-0.1, -0.05) is 44.2 Å². The maximum absolute atomic E-state index is 12.4. The van der Waals surface area contributed by atoms with Crippen LogP contribution in [0, 0.1) is 5.92 Å². The second kappa shape index (κ2) is 8.29. The summed E-state index contributed by atoms with van der Waals surface area (Å²) in [4.78, 5) is 23.4. The predicted molar refractivity (Wildman–Crippen MR) is 99.7 cm³/mol. The number of carbonyl (C=O) groups is 2. The smallest absolute Gasteiger partial charge is 0.241 e. The van der Waals surface area contributed by atoms with Crippen LogP contribution in [0.1, 0.15) is 20.3 Å². The molecule has 26 heavy (non-hydrogen) atoms. The molecule has 0 aliphatic rings. The Morgan fingerprint density at radius 3 is 2.35 bits per heavy atom. The van der Waals surface area contributed by atoms with Gasteiger partial charge in [0.15, 0.2) is 0 Å². The third kappa shape index (κ3) is 5.27. The highest BCUT2D eigenvalue weighted by molar-refractivity contribution is 7.89. The number of benzene rings is 2. The van der Waals surface area contributed by atoms with E-state index in [-0.39, 0.29) is 10.8 Å². The summed E-state index contributed by atoms with van der Waals surface area (Å²) in [5.41, 5.74) is 5.27. The van der Waals surface area contributed by atoms with Crippen LogP contribution >= 0.6 is 0 Å². The van der Waals surface area contributed by atoms with Crippen molar-refractivity contribution in [2.75, 3.05) is 6.54 Å². The number of hydrogen-bond acceptors (Lipinski definition) is 4. The molecule has 1 atom stereocenters. The summed E-state index contributed by atoms with van der Waals surface area (Å²) in [6, 6.07) is 11.3. The highest BCUT2D eigenvalue weighted by Crippen LogP contribution is 2.18. The molecule has 0 saturated heterocycles. The molecular formula is C18H23N3O4S. The summed E-state index contributed by atoms with van der Waals surface area (Å²) >= 11 is 0. The fourth-order valence-electron chi connectivity index (χ4n) is 2.54. The number of sulfonamides is 1. The molecule has 2 aromatic rings. The summed E-state index contributed by atoms with van der Waals surface area (Å²) in [6.07, 6.45) is 0.387. The van der Waals surface area contributed by atoms with E-state index in [0.717, 1.165) is 10.8 Å². The summed E-state index contributed by atoms with van der Waals surface area (Å²) in [5.74, 6) is -1.11. The van der Waals surface area contributed by atoms with Crippen molar-refractivity contribution < 1.29 is 18.0 Å². The van der Waals surface area contributed by atoms with E-state index >= 15 is 0 Å². The van der Waals surface area contributed by atoms with Crippen molar-refractivity contribution in [1.82, 2.24) is 10.0 Å². The van der Waals surface area contributed by atoms with Crippen molar-refractivity contribution in [3.8, 4) is 0 Å². The highest BCUT2D eigenvalue weighted by atomic mass is 32.2. The molecule has 0 heterocycles. The molecule has 0 aliphatic carbocycles. The van der Waals surface area contributed by atoms with Crippen LogP contribution in [0.15, 0.2) is 47.4 Å². The van der Waals surface area contributed by atoms with Gasteiger partial charge in [0.05, 0.1) is 11.4 Å². The first-order valence-electron chi connectivity index (χ1n) is 8.26. The Morgan fingerprint density at radius 1 is 1.08 bits per heavy atom. The van der Waals surface area contributed by atoms with Gasteiger partial charge in [-0.15, -0.1) is 0 Å². The molecular weight excluding hydrogens is 354 g/mol. The minimum atomic E-state index is -3.85. The number of hydrogen-bond donors (Lipinski definition) is 3. The lowest BCUT2D eigenvalue weighted by molar-refractivity contribution is -0.127. The first kappa shape index (κ1) is 19.9. The van der Waals surface area contributed by atoms with Crippen molar-refractivity contribution in [2.24, 2.45) is 11.7 Å². The minimum Gasteiger partial charge on any atom is -0.368 e. The number of primary amides is 1. The largest absolute Gasteiger partial charge is 0.368 e. The quantitative estimate of drug-likeness (QED) is 0.639. The molecule has 1 unspecified atom stereocenters. The molecule has 0 spiro atoms. The van der Waals surface area contributed by atoms with Gasteiger partial charge in [-0.05, 0) is 35.2 Å². The molecule has 0 aromatic heterocycles. The van der Waals surface area contributed by atoms with E-state index in [1.54, 1.807) is 12.1 Å². The van der Waals surface area contributed by atoms with E-state index in [9.17, 15) is 18.0 Å². The first-order chi connectivity index (χ1) is 12.2. The number of carbonyl (C=O) groups excluding carboxylic acids is 2. The number of nitrogens with one attached hydrogen (secondary N) is 2. The average Bonchev–Trinajstić information content (AvgIpc) is 2.58. The van der Waals surface area contributed by atoms with E-state index in [4.69, 9.17) is 5.73 Å². The van der Waals surface area contributed by atoms with Crippen molar-refractivity contribution in [3.63, 3.8) is 0 Å². The van der Waals surface area contributed by atoms with Gasteiger partial charge >= 0.3 is 0 Å². The van der Waals surface area contributed by atoms with Crippen LogP contribution in [0.4, 0.5) is 0 Å². The molecule has 2 rings (SSSR count). The minimum absolute atomic E-state index is 0.0673. The third-order valence-corrected chi connectivity index (χ3v) is 5.24. The second-order valence-electron chi connectivity index (χ2n) is 6.49. The molecule has 0 fully saturated rings. The second-order valence-corrected chi connectivity index (χ2v) is 8.25. The van der Waals surface area contributed by atoms with Crippen LogP contribution in [0.25, 0.3) is 10.8 Å². The third-order valence-electron chi connectivity index (χ3n) is 3.84. The zero-order chi connectivity index (χ0) is 19.3. The van der Waals surface area contributed by atoms with E-state index < -0.39 is 34.4 Å². The predicted octanol–water partition coefficient (Wildman–Crippen LogP) is 1.13. The topological polar surface area (TPSA) is 118 Å². The number of nitrogens with two attached hydrogens (primary N) is 1. The Hall–Kier alpha value is -2.45. The highest BCUT2D eigenvalue weighted by Gasteiger charge is 2.21. The fraction of sp³-hybridized carbons (Fsp3) is 0.333. The summed E-state index contributed by atoms with van der Waals surface area (Å²) in [7, 11) is -3.85. The SMILES string of the molecule is CC(C)CC(NC(=O)CNS(=O)(=O)c1ccc2ccccc2c1)C(N)=O. The van der Waals surface area contributed by atoms with E-state index in [0.29, 0.717) is 6.42 Å². The van der Waals surface area contributed by atoms with Crippen LogP contribution in [-0.2, 0) is 19.6 Å². The molecule has 2 aromatic carbocycles.